The van der Waals surface area contributed by atoms with Crippen LogP contribution in [-0.2, 0) is 0 Å². The number of hydrogen-bond acceptors (Lipinski definition) is 2. The van der Waals surface area contributed by atoms with Gasteiger partial charge in [0.2, 0.25) is 0 Å². The summed E-state index contributed by atoms with van der Waals surface area (Å²) in [5, 5.41) is 12.8. The number of nitrogens with one attached hydrogen (secondary N) is 1. The van der Waals surface area contributed by atoms with Crippen LogP contribution in [0.3, 0.4) is 0 Å². The molecule has 0 aromatic heterocycles. The van der Waals surface area contributed by atoms with Crippen molar-refractivity contribution in [2.75, 3.05) is 5.32 Å². The molecule has 0 heterocycles. The van der Waals surface area contributed by atoms with Crippen LogP contribution in [0.25, 0.3) is 0 Å². The van der Waals surface area contributed by atoms with E-state index in [0.29, 0.717) is 11.8 Å². The lowest BCUT2D eigenvalue weighted by Crippen LogP contribution is -2.21. The van der Waals surface area contributed by atoms with Crippen LogP contribution in [0.1, 0.15) is 26.2 Å². The van der Waals surface area contributed by atoms with E-state index in [-0.39, 0.29) is 0 Å². The van der Waals surface area contributed by atoms with E-state index in [4.69, 9.17) is 0 Å². The minimum absolute atomic E-state index is 0.334. The monoisotopic (exact) mass is 191 g/mol. The number of benzene rings is 1. The van der Waals surface area contributed by atoms with Gasteiger partial charge >= 0.3 is 0 Å². The molecule has 2 atom stereocenters. The zero-order valence-corrected chi connectivity index (χ0v) is 8.53. The second-order valence-corrected chi connectivity index (χ2v) is 4.21. The molecule has 2 N–H and O–H groups in total. The lowest BCUT2D eigenvalue weighted by Gasteiger charge is -2.18. The highest BCUT2D eigenvalue weighted by molar-refractivity contribution is 5.48. The van der Waals surface area contributed by atoms with Crippen molar-refractivity contribution in [3.63, 3.8) is 0 Å². The highest BCUT2D eigenvalue weighted by Gasteiger charge is 2.22. The zero-order valence-electron chi connectivity index (χ0n) is 8.53. The average molecular weight is 191 g/mol. The van der Waals surface area contributed by atoms with Crippen LogP contribution in [0.4, 0.5) is 5.69 Å². The molecule has 76 valence electrons. The Hall–Kier alpha value is -1.18. The first-order valence-corrected chi connectivity index (χ1v) is 5.31. The fourth-order valence-electron chi connectivity index (χ4n) is 2.17. The maximum Gasteiger partial charge on any atom is 0.117 e. The smallest absolute Gasteiger partial charge is 0.117 e. The highest BCUT2D eigenvalue weighted by atomic mass is 16.3. The summed E-state index contributed by atoms with van der Waals surface area (Å²) < 4.78 is 0. The summed E-state index contributed by atoms with van der Waals surface area (Å²) in [5.41, 5.74) is 1.03. The topological polar surface area (TPSA) is 32.3 Å². The summed E-state index contributed by atoms with van der Waals surface area (Å²) >= 11 is 0. The van der Waals surface area contributed by atoms with Crippen LogP contribution in [0.15, 0.2) is 24.3 Å². The van der Waals surface area contributed by atoms with Crippen molar-refractivity contribution in [3.8, 4) is 5.75 Å². The molecule has 1 aliphatic rings. The van der Waals surface area contributed by atoms with Crippen molar-refractivity contribution < 1.29 is 5.11 Å². The van der Waals surface area contributed by atoms with E-state index in [9.17, 15) is 5.11 Å². The molecule has 1 aromatic carbocycles. The molecule has 2 nitrogen and oxygen atoms in total. The van der Waals surface area contributed by atoms with E-state index in [1.807, 2.05) is 12.1 Å². The van der Waals surface area contributed by atoms with Crippen molar-refractivity contribution in [3.05, 3.63) is 24.3 Å². The molecule has 1 aromatic rings. The predicted molar refractivity (Wildman–Crippen MR) is 58.5 cm³/mol. The van der Waals surface area contributed by atoms with Gasteiger partial charge in [0.05, 0.1) is 0 Å². The minimum Gasteiger partial charge on any atom is -0.508 e. The molecular formula is C12H17NO. The zero-order chi connectivity index (χ0) is 9.97. The molecule has 14 heavy (non-hydrogen) atoms. The van der Waals surface area contributed by atoms with Gasteiger partial charge < -0.3 is 10.4 Å². The molecule has 2 heteroatoms. The molecule has 1 fully saturated rings. The Morgan fingerprint density at radius 1 is 1.36 bits per heavy atom. The summed E-state index contributed by atoms with van der Waals surface area (Å²) in [6.07, 6.45) is 3.88. The normalized spacial score (nSPS) is 26.4. The van der Waals surface area contributed by atoms with Crippen LogP contribution in [0, 0.1) is 5.92 Å². The largest absolute Gasteiger partial charge is 0.508 e. The van der Waals surface area contributed by atoms with Gasteiger partial charge in [-0.3, -0.25) is 0 Å². The number of phenolic OH excluding ortho intramolecular Hbond substituents is 1. The van der Waals surface area contributed by atoms with Gasteiger partial charge in [0, 0.05) is 17.8 Å². The third kappa shape index (κ3) is 2.00. The standard InChI is InChI=1S/C12H17NO/c1-9-4-2-7-12(9)13-10-5-3-6-11(14)8-10/h3,5-6,8-9,12-14H,2,4,7H2,1H3. The second-order valence-electron chi connectivity index (χ2n) is 4.21. The van der Waals surface area contributed by atoms with Gasteiger partial charge in [-0.25, -0.2) is 0 Å². The first-order valence-electron chi connectivity index (χ1n) is 5.31. The Balaban J connectivity index is 2.03. The first-order chi connectivity index (χ1) is 6.75. The fraction of sp³-hybridized carbons (Fsp3) is 0.500. The summed E-state index contributed by atoms with van der Waals surface area (Å²) in [5.74, 6) is 1.08. The fourth-order valence-corrected chi connectivity index (χ4v) is 2.17. The van der Waals surface area contributed by atoms with Crippen molar-refractivity contribution in [1.82, 2.24) is 0 Å². The number of anilines is 1. The highest BCUT2D eigenvalue weighted by Crippen LogP contribution is 2.28. The van der Waals surface area contributed by atoms with Gasteiger partial charge in [0.1, 0.15) is 5.75 Å². The van der Waals surface area contributed by atoms with E-state index in [1.165, 1.54) is 19.3 Å². The Morgan fingerprint density at radius 2 is 2.21 bits per heavy atom. The summed E-state index contributed by atoms with van der Waals surface area (Å²) in [7, 11) is 0. The number of rotatable bonds is 2. The second kappa shape index (κ2) is 3.91. The van der Waals surface area contributed by atoms with E-state index < -0.39 is 0 Å². The molecule has 0 bridgehead atoms. The molecule has 0 amide bonds. The molecule has 2 rings (SSSR count). The SMILES string of the molecule is CC1CCCC1Nc1cccc(O)c1. The van der Waals surface area contributed by atoms with Gasteiger partial charge in [-0.05, 0) is 30.9 Å². The van der Waals surface area contributed by atoms with Gasteiger partial charge in [0.15, 0.2) is 0 Å². The molecule has 0 aliphatic heterocycles. The van der Waals surface area contributed by atoms with Crippen LogP contribution in [-0.4, -0.2) is 11.1 Å². The maximum atomic E-state index is 9.31. The Bertz CT molecular complexity index is 311. The van der Waals surface area contributed by atoms with Crippen molar-refractivity contribution in [2.45, 2.75) is 32.2 Å². The van der Waals surface area contributed by atoms with Gasteiger partial charge in [0.25, 0.3) is 0 Å². The van der Waals surface area contributed by atoms with Crippen molar-refractivity contribution >= 4 is 5.69 Å². The van der Waals surface area contributed by atoms with Gasteiger partial charge in [-0.1, -0.05) is 19.4 Å². The van der Waals surface area contributed by atoms with Gasteiger partial charge in [-0.15, -0.1) is 0 Å². The molecular weight excluding hydrogens is 174 g/mol. The van der Waals surface area contributed by atoms with Crippen molar-refractivity contribution in [1.29, 1.82) is 0 Å². The Kier molecular flexibility index (Phi) is 2.62. The number of phenols is 1. The number of aromatic hydroxyl groups is 1. The maximum absolute atomic E-state index is 9.31. The van der Waals surface area contributed by atoms with E-state index in [2.05, 4.69) is 12.2 Å². The van der Waals surface area contributed by atoms with Gasteiger partial charge in [-0.2, -0.15) is 0 Å². The molecule has 0 radical (unpaired) electrons. The quantitative estimate of drug-likeness (QED) is 0.753. The van der Waals surface area contributed by atoms with E-state index in [1.54, 1.807) is 12.1 Å². The van der Waals surface area contributed by atoms with Crippen LogP contribution < -0.4 is 5.32 Å². The molecule has 0 saturated heterocycles. The summed E-state index contributed by atoms with van der Waals surface area (Å²) in [6, 6.07) is 7.94. The third-order valence-electron chi connectivity index (χ3n) is 3.06. The lowest BCUT2D eigenvalue weighted by atomic mass is 10.1. The molecule has 2 unspecified atom stereocenters. The third-order valence-corrected chi connectivity index (χ3v) is 3.06. The van der Waals surface area contributed by atoms with Crippen LogP contribution in [0.2, 0.25) is 0 Å². The Morgan fingerprint density at radius 3 is 2.86 bits per heavy atom. The Labute approximate surface area is 85.0 Å². The summed E-state index contributed by atoms with van der Waals surface area (Å²) in [4.78, 5) is 0. The lowest BCUT2D eigenvalue weighted by molar-refractivity contribution is 0.475. The van der Waals surface area contributed by atoms with Crippen LogP contribution in [0.5, 0.6) is 5.75 Å². The molecule has 1 aliphatic carbocycles. The average Bonchev–Trinajstić information content (AvgIpc) is 2.52. The molecule has 1 saturated carbocycles. The summed E-state index contributed by atoms with van der Waals surface area (Å²) in [6.45, 7) is 2.29. The van der Waals surface area contributed by atoms with E-state index in [0.717, 1.165) is 11.6 Å². The van der Waals surface area contributed by atoms with E-state index >= 15 is 0 Å². The minimum atomic E-state index is 0.334. The molecule has 0 spiro atoms. The number of hydrogen-bond donors (Lipinski definition) is 2. The van der Waals surface area contributed by atoms with Crippen LogP contribution >= 0.6 is 0 Å². The van der Waals surface area contributed by atoms with Crippen molar-refractivity contribution in [2.24, 2.45) is 5.92 Å². The predicted octanol–water partition coefficient (Wildman–Crippen LogP) is 2.99. The first kappa shape index (κ1) is 9.38.